The van der Waals surface area contributed by atoms with Crippen molar-refractivity contribution in [1.29, 1.82) is 0 Å². The molecule has 7 heteroatoms. The molecule has 0 saturated heterocycles. The zero-order valence-electron chi connectivity index (χ0n) is 28.1. The third kappa shape index (κ3) is 6.87. The molecule has 2 aliphatic carbocycles. The average Bonchev–Trinajstić information content (AvgIpc) is 2.98. The summed E-state index contributed by atoms with van der Waals surface area (Å²) in [6.07, 6.45) is 2.22. The minimum atomic E-state index is -0.589. The van der Waals surface area contributed by atoms with Gasteiger partial charge in [-0.05, 0) is 78.5 Å². The maximum absolute atomic E-state index is 14.3. The van der Waals surface area contributed by atoms with Crippen molar-refractivity contribution in [3.8, 4) is 5.75 Å². The number of amides is 1. The maximum Gasteiger partial charge on any atom is 0.262 e. The number of rotatable bonds is 7. The lowest BCUT2D eigenvalue weighted by atomic mass is 9.63. The van der Waals surface area contributed by atoms with Crippen molar-refractivity contribution >= 4 is 39.1 Å². The number of hydrogen-bond acceptors (Lipinski definition) is 5. The first-order valence-corrected chi connectivity index (χ1v) is 17.1. The highest BCUT2D eigenvalue weighted by atomic mass is 79.9. The van der Waals surface area contributed by atoms with Crippen LogP contribution >= 0.6 is 15.9 Å². The molecule has 47 heavy (non-hydrogen) atoms. The topological polar surface area (TPSA) is 75.7 Å². The first-order valence-electron chi connectivity index (χ1n) is 16.3. The lowest BCUT2D eigenvalue weighted by Gasteiger charge is -2.49. The van der Waals surface area contributed by atoms with Crippen molar-refractivity contribution in [3.63, 3.8) is 0 Å². The van der Waals surface area contributed by atoms with Gasteiger partial charge in [0.25, 0.3) is 5.91 Å². The fourth-order valence-corrected chi connectivity index (χ4v) is 7.77. The van der Waals surface area contributed by atoms with Gasteiger partial charge in [0.05, 0.1) is 0 Å². The molecule has 0 bridgehead atoms. The summed E-state index contributed by atoms with van der Waals surface area (Å²) >= 11 is 3.65. The van der Waals surface area contributed by atoms with Crippen LogP contribution in [0.5, 0.6) is 5.75 Å². The van der Waals surface area contributed by atoms with Crippen molar-refractivity contribution in [2.45, 2.75) is 79.7 Å². The summed E-state index contributed by atoms with van der Waals surface area (Å²) < 4.78 is 7.08. The SMILES string of the molecule is Cc1ccc(C)c(NC(=O)COc2ccc(Br)cc2C2C3=C(CC(C)(C)CC3=O)N(Cc3ccccc3)C3=C2C(=O)CC(C)(C)C3)c1. The maximum atomic E-state index is 14.3. The summed E-state index contributed by atoms with van der Waals surface area (Å²) in [5, 5.41) is 2.98. The fraction of sp³-hybridized carbons (Fsp3) is 0.375. The Labute approximate surface area is 286 Å². The summed E-state index contributed by atoms with van der Waals surface area (Å²) in [4.78, 5) is 44.1. The number of Topliss-reactive ketones (excluding diaryl/α,β-unsaturated/α-hetero) is 2. The smallest absolute Gasteiger partial charge is 0.262 e. The number of carbonyl (C=O) groups is 3. The van der Waals surface area contributed by atoms with Gasteiger partial charge in [-0.15, -0.1) is 0 Å². The second-order valence-corrected chi connectivity index (χ2v) is 15.9. The van der Waals surface area contributed by atoms with E-state index in [4.69, 9.17) is 4.74 Å². The van der Waals surface area contributed by atoms with Gasteiger partial charge < -0.3 is 15.0 Å². The summed E-state index contributed by atoms with van der Waals surface area (Å²) in [6, 6.07) is 21.8. The number of halogens is 1. The lowest BCUT2D eigenvalue weighted by Crippen LogP contribution is -2.44. The van der Waals surface area contributed by atoms with Crippen molar-refractivity contribution < 1.29 is 19.1 Å². The number of carbonyl (C=O) groups excluding carboxylic acids is 3. The predicted molar refractivity (Wildman–Crippen MR) is 189 cm³/mol. The number of aryl methyl sites for hydroxylation is 2. The Morgan fingerprint density at radius 2 is 1.47 bits per heavy atom. The molecule has 6 rings (SSSR count). The Hall–Kier alpha value is -3.97. The third-order valence-electron chi connectivity index (χ3n) is 9.51. The van der Waals surface area contributed by atoms with E-state index in [1.54, 1.807) is 0 Å². The van der Waals surface area contributed by atoms with Crippen LogP contribution in [-0.4, -0.2) is 29.0 Å². The molecule has 0 fully saturated rings. The predicted octanol–water partition coefficient (Wildman–Crippen LogP) is 8.97. The molecule has 3 aliphatic rings. The van der Waals surface area contributed by atoms with Gasteiger partial charge in [0, 0.05) is 63.6 Å². The molecule has 3 aromatic carbocycles. The van der Waals surface area contributed by atoms with Gasteiger partial charge in [0.2, 0.25) is 0 Å². The number of nitrogens with one attached hydrogen (secondary N) is 1. The number of allylic oxidation sites excluding steroid dienone is 4. The lowest BCUT2D eigenvalue weighted by molar-refractivity contribution is -0.120. The summed E-state index contributed by atoms with van der Waals surface area (Å²) in [6.45, 7) is 12.9. The molecule has 3 aromatic rings. The Morgan fingerprint density at radius 3 is 2.09 bits per heavy atom. The highest BCUT2D eigenvalue weighted by Gasteiger charge is 2.49. The molecule has 0 spiro atoms. The van der Waals surface area contributed by atoms with Crippen molar-refractivity contribution in [2.75, 3.05) is 11.9 Å². The van der Waals surface area contributed by atoms with E-state index in [0.29, 0.717) is 49.1 Å². The first kappa shape index (κ1) is 33.0. The van der Waals surface area contributed by atoms with Crippen LogP contribution in [0.4, 0.5) is 5.69 Å². The largest absolute Gasteiger partial charge is 0.483 e. The molecule has 6 nitrogen and oxygen atoms in total. The van der Waals surface area contributed by atoms with Crippen LogP contribution in [0.3, 0.4) is 0 Å². The Kier molecular flexibility index (Phi) is 8.81. The number of benzene rings is 3. The number of anilines is 1. The van der Waals surface area contributed by atoms with Crippen LogP contribution in [0.25, 0.3) is 0 Å². The highest BCUT2D eigenvalue weighted by Crippen LogP contribution is 2.56. The summed E-state index contributed by atoms with van der Waals surface area (Å²) in [5.74, 6) is -0.270. The van der Waals surface area contributed by atoms with E-state index >= 15 is 0 Å². The van der Waals surface area contributed by atoms with Crippen LogP contribution in [0.15, 0.2) is 93.7 Å². The zero-order valence-corrected chi connectivity index (χ0v) is 29.7. The molecule has 0 radical (unpaired) electrons. The average molecular weight is 696 g/mol. The molecule has 1 amide bonds. The van der Waals surface area contributed by atoms with E-state index in [1.807, 2.05) is 68.4 Å². The second-order valence-electron chi connectivity index (χ2n) is 14.9. The molecule has 1 heterocycles. The Balaban J connectivity index is 1.46. The summed E-state index contributed by atoms with van der Waals surface area (Å²) in [5.41, 5.74) is 7.47. The molecule has 1 aliphatic heterocycles. The zero-order chi connectivity index (χ0) is 33.7. The second kappa shape index (κ2) is 12.6. The quantitative estimate of drug-likeness (QED) is 0.267. The van der Waals surface area contributed by atoms with Crippen molar-refractivity contribution in [2.24, 2.45) is 10.8 Å². The number of nitrogens with zero attached hydrogens (tertiary/aromatic N) is 1. The van der Waals surface area contributed by atoms with Crippen LogP contribution < -0.4 is 10.1 Å². The first-order chi connectivity index (χ1) is 22.2. The molecule has 0 unspecified atom stereocenters. The number of ether oxygens (including phenoxy) is 1. The standard InChI is InChI=1S/C40H43BrN2O4/c1-24-12-13-25(2)29(16-24)42-35(46)23-47-34-15-14-27(41)17-28(34)36-37-30(18-39(3,4)20-32(37)44)43(22-26-10-8-7-9-11-26)31-19-40(5,6)21-33(45)38(31)36/h7-17,36H,18-23H2,1-6H3,(H,42,46). The van der Waals surface area contributed by atoms with Gasteiger partial charge in [-0.25, -0.2) is 0 Å². The van der Waals surface area contributed by atoms with Crippen LogP contribution in [-0.2, 0) is 20.9 Å². The molecular formula is C40H43BrN2O4. The van der Waals surface area contributed by atoms with Gasteiger partial charge in [-0.1, -0.05) is 86.1 Å². The van der Waals surface area contributed by atoms with E-state index in [-0.39, 0.29) is 34.9 Å². The van der Waals surface area contributed by atoms with E-state index in [9.17, 15) is 14.4 Å². The number of ketones is 2. The molecular weight excluding hydrogens is 652 g/mol. The van der Waals surface area contributed by atoms with Crippen molar-refractivity contribution in [3.05, 3.63) is 116 Å². The van der Waals surface area contributed by atoms with Gasteiger partial charge in [-0.2, -0.15) is 0 Å². The Bertz CT molecular complexity index is 1780. The normalized spacial score (nSPS) is 19.0. The highest BCUT2D eigenvalue weighted by molar-refractivity contribution is 9.10. The third-order valence-corrected chi connectivity index (χ3v) is 10.0. The minimum Gasteiger partial charge on any atom is -0.483 e. The van der Waals surface area contributed by atoms with Gasteiger partial charge in [0.15, 0.2) is 18.2 Å². The molecule has 0 aromatic heterocycles. The number of hydrogen-bond donors (Lipinski definition) is 1. The molecule has 1 N–H and O–H groups in total. The summed E-state index contributed by atoms with van der Waals surface area (Å²) in [7, 11) is 0. The van der Waals surface area contributed by atoms with E-state index in [0.717, 1.165) is 43.8 Å². The van der Waals surface area contributed by atoms with E-state index < -0.39 is 5.92 Å². The minimum absolute atomic E-state index is 0.0575. The van der Waals surface area contributed by atoms with E-state index in [1.165, 1.54) is 0 Å². The van der Waals surface area contributed by atoms with Gasteiger partial charge >= 0.3 is 0 Å². The molecule has 0 saturated carbocycles. The van der Waals surface area contributed by atoms with Gasteiger partial charge in [0.1, 0.15) is 5.75 Å². The van der Waals surface area contributed by atoms with Crippen LogP contribution in [0, 0.1) is 24.7 Å². The molecule has 0 atom stereocenters. The Morgan fingerprint density at radius 1 is 0.851 bits per heavy atom. The molecule has 244 valence electrons. The van der Waals surface area contributed by atoms with Crippen LogP contribution in [0.2, 0.25) is 0 Å². The monoisotopic (exact) mass is 694 g/mol. The van der Waals surface area contributed by atoms with Crippen LogP contribution in [0.1, 0.15) is 81.5 Å². The van der Waals surface area contributed by atoms with Crippen molar-refractivity contribution in [1.82, 2.24) is 4.90 Å². The fourth-order valence-electron chi connectivity index (χ4n) is 7.39. The van der Waals surface area contributed by atoms with Gasteiger partial charge in [-0.3, -0.25) is 14.4 Å². The van der Waals surface area contributed by atoms with E-state index in [2.05, 4.69) is 66.0 Å².